The lowest BCUT2D eigenvalue weighted by Gasteiger charge is -2.24. The van der Waals surface area contributed by atoms with Crippen LogP contribution in [0.15, 0.2) is 41.3 Å². The Morgan fingerprint density at radius 1 is 1.05 bits per heavy atom. The first kappa shape index (κ1) is 14.3. The maximum absolute atomic E-state index is 11.7. The number of hydrogen-bond donors (Lipinski definition) is 1. The van der Waals surface area contributed by atoms with E-state index in [1.165, 1.54) is 6.07 Å². The molecule has 2 aromatic carbocycles. The maximum Gasteiger partial charge on any atom is 0.238 e. The van der Waals surface area contributed by atoms with Gasteiger partial charge in [-0.1, -0.05) is 24.3 Å². The first-order chi connectivity index (χ1) is 10.1. The highest BCUT2D eigenvalue weighted by Crippen LogP contribution is 2.32. The SMILES string of the molecule is NS(=O)(=O)c1ccc(OC2CCOCC2)c2ccccc12. The first-order valence-corrected chi connectivity index (χ1v) is 8.39. The summed E-state index contributed by atoms with van der Waals surface area (Å²) in [4.78, 5) is 0.123. The first-order valence-electron chi connectivity index (χ1n) is 6.84. The molecule has 1 saturated heterocycles. The summed E-state index contributed by atoms with van der Waals surface area (Å²) in [6.45, 7) is 1.38. The normalized spacial score (nSPS) is 17.0. The van der Waals surface area contributed by atoms with Crippen molar-refractivity contribution in [2.45, 2.75) is 23.8 Å². The van der Waals surface area contributed by atoms with Gasteiger partial charge in [-0.15, -0.1) is 0 Å². The monoisotopic (exact) mass is 307 g/mol. The Bertz CT molecular complexity index is 751. The van der Waals surface area contributed by atoms with Gasteiger partial charge in [0.05, 0.1) is 18.1 Å². The predicted octanol–water partition coefficient (Wildman–Crippen LogP) is 2.04. The zero-order valence-electron chi connectivity index (χ0n) is 11.5. The van der Waals surface area contributed by atoms with Crippen molar-refractivity contribution in [3.63, 3.8) is 0 Å². The van der Waals surface area contributed by atoms with Gasteiger partial charge in [-0.3, -0.25) is 0 Å². The van der Waals surface area contributed by atoms with Gasteiger partial charge in [0.15, 0.2) is 0 Å². The van der Waals surface area contributed by atoms with Crippen LogP contribution in [0, 0.1) is 0 Å². The smallest absolute Gasteiger partial charge is 0.238 e. The summed E-state index contributed by atoms with van der Waals surface area (Å²) in [5.74, 6) is 0.685. The van der Waals surface area contributed by atoms with Crippen LogP contribution in [0.25, 0.3) is 10.8 Å². The lowest BCUT2D eigenvalue weighted by atomic mass is 10.1. The maximum atomic E-state index is 11.7. The standard InChI is InChI=1S/C15H17NO4S/c16-21(17,18)15-6-5-14(12-3-1-2-4-13(12)15)20-11-7-9-19-10-8-11/h1-6,11H,7-10H2,(H2,16,17,18). The highest BCUT2D eigenvalue weighted by atomic mass is 32.2. The average molecular weight is 307 g/mol. The molecule has 5 nitrogen and oxygen atoms in total. The van der Waals surface area contributed by atoms with Gasteiger partial charge in [-0.25, -0.2) is 13.6 Å². The summed E-state index contributed by atoms with van der Waals surface area (Å²) in [6.07, 6.45) is 1.78. The van der Waals surface area contributed by atoms with Crippen molar-refractivity contribution in [1.82, 2.24) is 0 Å². The van der Waals surface area contributed by atoms with Crippen LogP contribution in [0.5, 0.6) is 5.75 Å². The molecule has 1 fully saturated rings. The second-order valence-corrected chi connectivity index (χ2v) is 6.61. The number of benzene rings is 2. The van der Waals surface area contributed by atoms with E-state index in [9.17, 15) is 8.42 Å². The molecular weight excluding hydrogens is 290 g/mol. The average Bonchev–Trinajstić information content (AvgIpc) is 2.47. The molecule has 21 heavy (non-hydrogen) atoms. The molecule has 0 saturated carbocycles. The van der Waals surface area contributed by atoms with E-state index in [0.717, 1.165) is 18.2 Å². The Hall–Kier alpha value is -1.63. The molecule has 0 unspecified atom stereocenters. The lowest BCUT2D eigenvalue weighted by molar-refractivity contribution is 0.0262. The van der Waals surface area contributed by atoms with E-state index in [1.807, 2.05) is 12.1 Å². The van der Waals surface area contributed by atoms with Crippen LogP contribution in [0.3, 0.4) is 0 Å². The third-order valence-corrected chi connectivity index (χ3v) is 4.58. The Labute approximate surface area is 123 Å². The van der Waals surface area contributed by atoms with Gasteiger partial charge in [0, 0.05) is 23.6 Å². The minimum atomic E-state index is -3.75. The van der Waals surface area contributed by atoms with Gasteiger partial charge in [0.2, 0.25) is 10.0 Å². The number of primary sulfonamides is 1. The summed E-state index contributed by atoms with van der Waals surface area (Å²) < 4.78 is 34.7. The van der Waals surface area contributed by atoms with Crippen LogP contribution in [0.2, 0.25) is 0 Å². The summed E-state index contributed by atoms with van der Waals surface area (Å²) in [7, 11) is -3.75. The van der Waals surface area contributed by atoms with Crippen molar-refractivity contribution in [1.29, 1.82) is 0 Å². The topological polar surface area (TPSA) is 78.6 Å². The number of nitrogens with two attached hydrogens (primary N) is 1. The molecule has 2 N–H and O–H groups in total. The second kappa shape index (κ2) is 5.63. The van der Waals surface area contributed by atoms with E-state index >= 15 is 0 Å². The molecule has 3 rings (SSSR count). The molecule has 1 aliphatic rings. The molecule has 0 aliphatic carbocycles. The molecule has 6 heteroatoms. The van der Waals surface area contributed by atoms with Crippen molar-refractivity contribution in [2.75, 3.05) is 13.2 Å². The van der Waals surface area contributed by atoms with Crippen molar-refractivity contribution >= 4 is 20.8 Å². The molecule has 112 valence electrons. The van der Waals surface area contributed by atoms with Gasteiger partial charge < -0.3 is 9.47 Å². The van der Waals surface area contributed by atoms with Crippen LogP contribution in [0.1, 0.15) is 12.8 Å². The molecule has 0 radical (unpaired) electrons. The van der Waals surface area contributed by atoms with Gasteiger partial charge in [0.25, 0.3) is 0 Å². The quantitative estimate of drug-likeness (QED) is 0.941. The van der Waals surface area contributed by atoms with E-state index in [-0.39, 0.29) is 11.0 Å². The van der Waals surface area contributed by atoms with Crippen molar-refractivity contribution in [3.05, 3.63) is 36.4 Å². The van der Waals surface area contributed by atoms with E-state index in [2.05, 4.69) is 0 Å². The van der Waals surface area contributed by atoms with Gasteiger partial charge in [0.1, 0.15) is 11.9 Å². The third kappa shape index (κ3) is 3.02. The molecule has 1 aliphatic heterocycles. The van der Waals surface area contributed by atoms with Crippen LogP contribution in [0.4, 0.5) is 0 Å². The Morgan fingerprint density at radius 3 is 2.38 bits per heavy atom. The molecule has 0 atom stereocenters. The lowest BCUT2D eigenvalue weighted by Crippen LogP contribution is -2.26. The summed E-state index contributed by atoms with van der Waals surface area (Å²) in [6, 6.07) is 10.4. The summed E-state index contributed by atoms with van der Waals surface area (Å²) in [5.41, 5.74) is 0. The third-order valence-electron chi connectivity index (χ3n) is 3.61. The van der Waals surface area contributed by atoms with Crippen LogP contribution in [-0.2, 0) is 14.8 Å². The minimum absolute atomic E-state index is 0.0995. The Morgan fingerprint density at radius 2 is 1.71 bits per heavy atom. The van der Waals surface area contributed by atoms with Gasteiger partial charge in [-0.05, 0) is 12.1 Å². The van der Waals surface area contributed by atoms with Crippen molar-refractivity contribution in [2.24, 2.45) is 5.14 Å². The van der Waals surface area contributed by atoms with Crippen LogP contribution >= 0.6 is 0 Å². The fourth-order valence-corrected chi connectivity index (χ4v) is 3.31. The highest BCUT2D eigenvalue weighted by Gasteiger charge is 2.19. The Kier molecular flexibility index (Phi) is 3.84. The van der Waals surface area contributed by atoms with E-state index in [4.69, 9.17) is 14.6 Å². The van der Waals surface area contributed by atoms with Crippen LogP contribution in [-0.4, -0.2) is 27.7 Å². The fourth-order valence-electron chi connectivity index (χ4n) is 2.57. The Balaban J connectivity index is 2.04. The van der Waals surface area contributed by atoms with Crippen molar-refractivity contribution < 1.29 is 17.9 Å². The molecule has 0 spiro atoms. The predicted molar refractivity (Wildman–Crippen MR) is 79.8 cm³/mol. The van der Waals surface area contributed by atoms with Gasteiger partial charge >= 0.3 is 0 Å². The van der Waals surface area contributed by atoms with E-state index in [1.54, 1.807) is 18.2 Å². The number of ether oxygens (including phenoxy) is 2. The number of fused-ring (bicyclic) bond motifs is 1. The molecule has 0 amide bonds. The summed E-state index contributed by atoms with van der Waals surface area (Å²) >= 11 is 0. The number of rotatable bonds is 3. The zero-order valence-corrected chi connectivity index (χ0v) is 12.3. The zero-order chi connectivity index (χ0) is 14.9. The van der Waals surface area contributed by atoms with Crippen LogP contribution < -0.4 is 9.88 Å². The fraction of sp³-hybridized carbons (Fsp3) is 0.333. The molecule has 0 bridgehead atoms. The minimum Gasteiger partial charge on any atom is -0.490 e. The molecule has 1 heterocycles. The van der Waals surface area contributed by atoms with Crippen molar-refractivity contribution in [3.8, 4) is 5.75 Å². The van der Waals surface area contributed by atoms with E-state index in [0.29, 0.717) is 24.3 Å². The highest BCUT2D eigenvalue weighted by molar-refractivity contribution is 7.89. The molecule has 2 aromatic rings. The molecule has 0 aromatic heterocycles. The second-order valence-electron chi connectivity index (χ2n) is 5.08. The van der Waals surface area contributed by atoms with E-state index < -0.39 is 10.0 Å². The summed E-state index contributed by atoms with van der Waals surface area (Å²) in [5, 5.41) is 6.62. The largest absolute Gasteiger partial charge is 0.490 e. The number of sulfonamides is 1. The van der Waals surface area contributed by atoms with Gasteiger partial charge in [-0.2, -0.15) is 0 Å². The number of hydrogen-bond acceptors (Lipinski definition) is 4. The molecular formula is C15H17NO4S.